The van der Waals surface area contributed by atoms with Gasteiger partial charge in [-0.3, -0.25) is 9.59 Å². The van der Waals surface area contributed by atoms with Gasteiger partial charge in [0.1, 0.15) is 55.4 Å². The Labute approximate surface area is 282 Å². The molecule has 0 bridgehead atoms. The molecule has 2 saturated heterocycles. The van der Waals surface area contributed by atoms with Crippen LogP contribution in [0.4, 0.5) is 0 Å². The Kier molecular flexibility index (Phi) is 20.9. The minimum absolute atomic E-state index is 0.0262. The van der Waals surface area contributed by atoms with Gasteiger partial charge in [-0.2, -0.15) is 0 Å². The zero-order valence-electron chi connectivity index (χ0n) is 28.2. The third-order valence-corrected chi connectivity index (χ3v) is 8.29. The highest BCUT2D eigenvalue weighted by atomic mass is 16.7. The van der Waals surface area contributed by atoms with Crippen LogP contribution in [0.3, 0.4) is 0 Å². The Morgan fingerprint density at radius 2 is 1.23 bits per heavy atom. The number of carbonyl (C=O) groups excluding carboxylic acids is 2. The Morgan fingerprint density at radius 3 is 1.83 bits per heavy atom. The molecule has 15 nitrogen and oxygen atoms in total. The molecule has 7 N–H and O–H groups in total. The minimum Gasteiger partial charge on any atom is -0.462 e. The van der Waals surface area contributed by atoms with Crippen LogP contribution in [0.15, 0.2) is 12.2 Å². The summed E-state index contributed by atoms with van der Waals surface area (Å²) >= 11 is 0. The Balaban J connectivity index is 1.91. The van der Waals surface area contributed by atoms with Gasteiger partial charge >= 0.3 is 11.9 Å². The van der Waals surface area contributed by atoms with E-state index in [2.05, 4.69) is 6.92 Å². The second kappa shape index (κ2) is 23.6. The van der Waals surface area contributed by atoms with Gasteiger partial charge < -0.3 is 64.2 Å². The molecule has 2 fully saturated rings. The minimum atomic E-state index is -1.76. The van der Waals surface area contributed by atoms with Gasteiger partial charge in [0.05, 0.1) is 26.2 Å². The van der Waals surface area contributed by atoms with Crippen LogP contribution < -0.4 is 0 Å². The average molecular weight is 695 g/mol. The molecule has 0 aromatic carbocycles. The van der Waals surface area contributed by atoms with Crippen molar-refractivity contribution in [1.29, 1.82) is 0 Å². The maximum absolute atomic E-state index is 12.4. The lowest BCUT2D eigenvalue weighted by Gasteiger charge is -2.42. The normalized spacial score (nSPS) is 31.5. The number of rotatable bonds is 23. The van der Waals surface area contributed by atoms with Gasteiger partial charge in [0.15, 0.2) is 18.7 Å². The van der Waals surface area contributed by atoms with Gasteiger partial charge in [-0.15, -0.1) is 0 Å². The van der Waals surface area contributed by atoms with Crippen molar-refractivity contribution >= 4 is 11.9 Å². The fraction of sp³-hybridized carbons (Fsp3) is 0.879. The second-order valence-corrected chi connectivity index (χ2v) is 12.3. The van der Waals surface area contributed by atoms with Crippen molar-refractivity contribution in [2.24, 2.45) is 0 Å². The van der Waals surface area contributed by atoms with Crippen molar-refractivity contribution in [1.82, 2.24) is 0 Å². The van der Waals surface area contributed by atoms with Crippen molar-refractivity contribution in [3.8, 4) is 0 Å². The highest BCUT2D eigenvalue weighted by molar-refractivity contribution is 5.71. The van der Waals surface area contributed by atoms with Crippen LogP contribution in [-0.4, -0.2) is 142 Å². The van der Waals surface area contributed by atoms with E-state index in [0.29, 0.717) is 6.42 Å². The molecule has 0 radical (unpaired) electrons. The summed E-state index contributed by atoms with van der Waals surface area (Å²) in [5.41, 5.74) is 0. The topological polar surface area (TPSA) is 231 Å². The van der Waals surface area contributed by atoms with Crippen molar-refractivity contribution in [3.05, 3.63) is 12.2 Å². The van der Waals surface area contributed by atoms with E-state index in [1.165, 1.54) is 32.1 Å². The molecule has 11 unspecified atom stereocenters. The van der Waals surface area contributed by atoms with E-state index < -0.39 is 99.3 Å². The zero-order chi connectivity index (χ0) is 35.5. The second-order valence-electron chi connectivity index (χ2n) is 12.3. The molecule has 0 aromatic rings. The van der Waals surface area contributed by atoms with Crippen molar-refractivity contribution in [3.63, 3.8) is 0 Å². The monoisotopic (exact) mass is 694 g/mol. The molecule has 280 valence electrons. The predicted molar refractivity (Wildman–Crippen MR) is 169 cm³/mol. The summed E-state index contributed by atoms with van der Waals surface area (Å²) in [4.78, 5) is 24.8. The van der Waals surface area contributed by atoms with Crippen LogP contribution in [0, 0.1) is 0 Å². The molecule has 48 heavy (non-hydrogen) atoms. The number of aliphatic hydroxyl groups excluding tert-OH is 7. The fourth-order valence-corrected chi connectivity index (χ4v) is 5.32. The molecule has 0 aromatic heterocycles. The lowest BCUT2D eigenvalue weighted by Crippen LogP contribution is -2.61. The SMILES string of the molecule is CCC=CCC(=O)OC(COC(=O)CCCCCCCCCCC)COC1OC(COC2OC(CO)C(O)C(O)C2O)C(O)C(O)C1O. The summed E-state index contributed by atoms with van der Waals surface area (Å²) in [6, 6.07) is 0. The number of hydrogen-bond acceptors (Lipinski definition) is 15. The first-order valence-corrected chi connectivity index (χ1v) is 17.3. The summed E-state index contributed by atoms with van der Waals surface area (Å²) in [6.07, 6.45) is -2.70. The van der Waals surface area contributed by atoms with Gasteiger partial charge in [0, 0.05) is 6.42 Å². The Hall–Kier alpha value is -1.76. The smallest absolute Gasteiger partial charge is 0.310 e. The van der Waals surface area contributed by atoms with Gasteiger partial charge in [-0.05, 0) is 12.8 Å². The molecule has 0 aliphatic carbocycles. The number of esters is 2. The molecule has 2 rings (SSSR count). The summed E-state index contributed by atoms with van der Waals surface area (Å²) in [6.45, 7) is 2.16. The molecule has 0 spiro atoms. The van der Waals surface area contributed by atoms with E-state index in [9.17, 15) is 45.3 Å². The number of allylic oxidation sites excluding steroid dienone is 1. The number of unbranched alkanes of at least 4 members (excludes halogenated alkanes) is 8. The van der Waals surface area contributed by atoms with E-state index in [-0.39, 0.29) is 19.4 Å². The number of carbonyl (C=O) groups is 2. The maximum atomic E-state index is 12.4. The first-order chi connectivity index (χ1) is 23.0. The lowest BCUT2D eigenvalue weighted by molar-refractivity contribution is -0.332. The maximum Gasteiger partial charge on any atom is 0.310 e. The molecule has 15 heteroatoms. The van der Waals surface area contributed by atoms with Crippen molar-refractivity contribution < 1.29 is 73.8 Å². The molecule has 2 aliphatic heterocycles. The van der Waals surface area contributed by atoms with Gasteiger partial charge in [0.2, 0.25) is 0 Å². The van der Waals surface area contributed by atoms with Gasteiger partial charge in [-0.25, -0.2) is 0 Å². The van der Waals surface area contributed by atoms with Crippen LogP contribution in [0.1, 0.15) is 90.9 Å². The number of aliphatic hydroxyl groups is 7. The lowest BCUT2D eigenvalue weighted by atomic mass is 9.98. The van der Waals surface area contributed by atoms with E-state index in [1.807, 2.05) is 6.92 Å². The van der Waals surface area contributed by atoms with Crippen LogP contribution in [0.2, 0.25) is 0 Å². The summed E-state index contributed by atoms with van der Waals surface area (Å²) in [5, 5.41) is 71.0. The largest absolute Gasteiger partial charge is 0.462 e. The molecular formula is C33H58O15. The summed E-state index contributed by atoms with van der Waals surface area (Å²) in [5.74, 6) is -1.06. The van der Waals surface area contributed by atoms with E-state index >= 15 is 0 Å². The first kappa shape index (κ1) is 42.4. The van der Waals surface area contributed by atoms with Crippen LogP contribution in [0.5, 0.6) is 0 Å². The van der Waals surface area contributed by atoms with Crippen LogP contribution in [-0.2, 0) is 38.0 Å². The number of hydrogen-bond donors (Lipinski definition) is 7. The molecule has 2 aliphatic rings. The van der Waals surface area contributed by atoms with E-state index in [0.717, 1.165) is 25.7 Å². The third kappa shape index (κ3) is 14.6. The molecule has 0 saturated carbocycles. The fourth-order valence-electron chi connectivity index (χ4n) is 5.32. The highest BCUT2D eigenvalue weighted by Gasteiger charge is 2.47. The van der Waals surface area contributed by atoms with Gasteiger partial charge in [-0.1, -0.05) is 77.4 Å². The Bertz CT molecular complexity index is 917. The molecule has 0 amide bonds. The first-order valence-electron chi connectivity index (χ1n) is 17.3. The highest BCUT2D eigenvalue weighted by Crippen LogP contribution is 2.26. The van der Waals surface area contributed by atoms with Crippen LogP contribution in [0.25, 0.3) is 0 Å². The van der Waals surface area contributed by atoms with Crippen LogP contribution >= 0.6 is 0 Å². The Morgan fingerprint density at radius 1 is 0.667 bits per heavy atom. The van der Waals surface area contributed by atoms with Crippen molar-refractivity contribution in [2.45, 2.75) is 158 Å². The average Bonchev–Trinajstić information content (AvgIpc) is 3.07. The standard InChI is InChI=1S/C33H58O15/c1-3-5-7-8-9-10-11-12-14-15-24(35)43-18-21(46-25(36)16-13-6-4-2)19-44-32-31(42)29(40)27(38)23(48-32)20-45-33-30(41)28(39)26(37)22(17-34)47-33/h6,13,21-23,26-34,37-42H,3-5,7-12,14-20H2,1-2H3. The summed E-state index contributed by atoms with van der Waals surface area (Å²) < 4.78 is 32.8. The molecule has 2 heterocycles. The predicted octanol–water partition coefficient (Wildman–Crippen LogP) is 0.359. The quantitative estimate of drug-likeness (QED) is 0.0435. The number of ether oxygens (including phenoxy) is 6. The molecule has 11 atom stereocenters. The van der Waals surface area contributed by atoms with Crippen molar-refractivity contribution in [2.75, 3.05) is 26.4 Å². The third-order valence-electron chi connectivity index (χ3n) is 8.29. The van der Waals surface area contributed by atoms with E-state index in [4.69, 9.17) is 28.4 Å². The summed E-state index contributed by atoms with van der Waals surface area (Å²) in [7, 11) is 0. The van der Waals surface area contributed by atoms with E-state index in [1.54, 1.807) is 12.2 Å². The molecular weight excluding hydrogens is 636 g/mol. The zero-order valence-corrected chi connectivity index (χ0v) is 28.2. The van der Waals surface area contributed by atoms with Gasteiger partial charge in [0.25, 0.3) is 0 Å².